The summed E-state index contributed by atoms with van der Waals surface area (Å²) in [6.07, 6.45) is 3.24. The first-order chi connectivity index (χ1) is 20.1. The Morgan fingerprint density at radius 1 is 1.00 bits per heavy atom. The molecule has 2 aromatic rings. The maximum atomic E-state index is 13.0. The predicted molar refractivity (Wildman–Crippen MR) is 150 cm³/mol. The second kappa shape index (κ2) is 15.4. The van der Waals surface area contributed by atoms with Gasteiger partial charge >= 0.3 is 0 Å². The first kappa shape index (κ1) is 31.9. The van der Waals surface area contributed by atoms with Gasteiger partial charge in [-0.05, 0) is 31.7 Å². The number of rotatable bonds is 14. The van der Waals surface area contributed by atoms with Crippen molar-refractivity contribution < 1.29 is 28.8 Å². The fourth-order valence-electron chi connectivity index (χ4n) is 4.58. The third-order valence-corrected chi connectivity index (χ3v) is 6.96. The lowest BCUT2D eigenvalue weighted by Crippen LogP contribution is -2.52. The lowest BCUT2D eigenvalue weighted by molar-refractivity contribution is -0.139. The molecule has 5 amide bonds. The monoisotopic (exact) mass is 582 g/mol. The van der Waals surface area contributed by atoms with Gasteiger partial charge in [-0.25, -0.2) is 4.68 Å². The van der Waals surface area contributed by atoms with E-state index in [4.69, 9.17) is 0 Å². The van der Waals surface area contributed by atoms with E-state index >= 15 is 0 Å². The van der Waals surface area contributed by atoms with Gasteiger partial charge in [-0.1, -0.05) is 42.5 Å². The summed E-state index contributed by atoms with van der Waals surface area (Å²) in [5.74, 6) is -2.54. The van der Waals surface area contributed by atoms with Gasteiger partial charge in [-0.3, -0.25) is 28.8 Å². The summed E-state index contributed by atoms with van der Waals surface area (Å²) in [6.45, 7) is 2.87. The van der Waals surface area contributed by atoms with Crippen LogP contribution in [0.2, 0.25) is 0 Å². The molecule has 0 bridgehead atoms. The van der Waals surface area contributed by atoms with Gasteiger partial charge < -0.3 is 26.2 Å². The number of hydrogen-bond donors (Lipinski definition) is 4. The highest BCUT2D eigenvalue weighted by molar-refractivity contribution is 5.93. The van der Waals surface area contributed by atoms with Crippen LogP contribution in [0.4, 0.5) is 0 Å². The minimum atomic E-state index is -0.722. The molecule has 14 heteroatoms. The van der Waals surface area contributed by atoms with Gasteiger partial charge in [0.15, 0.2) is 5.78 Å². The summed E-state index contributed by atoms with van der Waals surface area (Å²) < 4.78 is 1.30. The topological polar surface area (TPSA) is 184 Å². The van der Waals surface area contributed by atoms with Crippen LogP contribution in [0, 0.1) is 5.92 Å². The summed E-state index contributed by atoms with van der Waals surface area (Å²) in [5, 5.41) is 18.2. The molecule has 1 aliphatic heterocycles. The zero-order valence-electron chi connectivity index (χ0n) is 24.1. The summed E-state index contributed by atoms with van der Waals surface area (Å²) in [6, 6.07) is 7.94. The van der Waals surface area contributed by atoms with Gasteiger partial charge in [0.2, 0.25) is 29.5 Å². The van der Waals surface area contributed by atoms with E-state index in [1.807, 2.05) is 30.3 Å². The van der Waals surface area contributed by atoms with E-state index in [0.717, 1.165) is 5.56 Å². The highest BCUT2D eigenvalue weighted by Crippen LogP contribution is 2.18. The maximum Gasteiger partial charge on any atom is 0.243 e. The average molecular weight is 583 g/mol. The van der Waals surface area contributed by atoms with E-state index in [0.29, 0.717) is 31.5 Å². The standard InChI is InChI=1S/C28H38N8O6/c1-18(27(41)31-14-24(38)29-3)12-21-16-35(34-33-21)17-25(39)30-15-26(40)36-11-7-10-23(36)28(42)32-22(19(2)37)13-20-8-5-4-6-9-20/h4-6,8-9,16,18,22-23H,7,10-15,17H2,1-3H3,(H,29,38)(H,30,39)(H,31,41)(H,32,42). The summed E-state index contributed by atoms with van der Waals surface area (Å²) in [7, 11) is 1.48. The second-order valence-corrected chi connectivity index (χ2v) is 10.3. The van der Waals surface area contributed by atoms with Crippen LogP contribution in [0.25, 0.3) is 0 Å². The van der Waals surface area contributed by atoms with Gasteiger partial charge in [0.1, 0.15) is 12.6 Å². The molecule has 0 spiro atoms. The van der Waals surface area contributed by atoms with Crippen molar-refractivity contribution in [2.24, 2.45) is 5.92 Å². The molecule has 1 saturated heterocycles. The first-order valence-corrected chi connectivity index (χ1v) is 13.9. The van der Waals surface area contributed by atoms with Gasteiger partial charge in [0, 0.05) is 32.1 Å². The Morgan fingerprint density at radius 3 is 2.43 bits per heavy atom. The van der Waals surface area contributed by atoms with Crippen LogP contribution in [-0.4, -0.2) is 94.0 Å². The molecule has 0 aliphatic carbocycles. The normalized spacial score (nSPS) is 15.8. The van der Waals surface area contributed by atoms with Crippen molar-refractivity contribution in [2.75, 3.05) is 26.7 Å². The quantitative estimate of drug-likeness (QED) is 0.213. The molecule has 3 unspecified atom stereocenters. The Balaban J connectivity index is 1.46. The van der Waals surface area contributed by atoms with Crippen LogP contribution >= 0.6 is 0 Å². The van der Waals surface area contributed by atoms with E-state index in [2.05, 4.69) is 31.6 Å². The highest BCUT2D eigenvalue weighted by Gasteiger charge is 2.35. The van der Waals surface area contributed by atoms with Gasteiger partial charge in [0.25, 0.3) is 0 Å². The van der Waals surface area contributed by atoms with Crippen molar-refractivity contribution in [3.8, 4) is 0 Å². The van der Waals surface area contributed by atoms with Crippen LogP contribution in [0.15, 0.2) is 36.5 Å². The number of carbonyl (C=O) groups is 6. The zero-order chi connectivity index (χ0) is 30.6. The van der Waals surface area contributed by atoms with Crippen molar-refractivity contribution in [3.63, 3.8) is 0 Å². The largest absolute Gasteiger partial charge is 0.358 e. The van der Waals surface area contributed by atoms with Crippen LogP contribution in [0.5, 0.6) is 0 Å². The van der Waals surface area contributed by atoms with Gasteiger partial charge in [0.05, 0.1) is 24.8 Å². The molecular formula is C28H38N8O6. The predicted octanol–water partition coefficient (Wildman–Crippen LogP) is -1.26. The molecule has 4 N–H and O–H groups in total. The Hall–Kier alpha value is -4.62. The van der Waals surface area contributed by atoms with E-state index in [1.54, 1.807) is 6.92 Å². The molecule has 1 fully saturated rings. The molecule has 2 heterocycles. The number of carbonyl (C=O) groups excluding carboxylic acids is 6. The molecule has 1 aromatic carbocycles. The van der Waals surface area contributed by atoms with Crippen LogP contribution in [-0.2, 0) is 48.2 Å². The molecule has 3 rings (SSSR count). The van der Waals surface area contributed by atoms with E-state index in [-0.39, 0.29) is 43.7 Å². The third kappa shape index (κ3) is 9.49. The summed E-state index contributed by atoms with van der Waals surface area (Å²) in [5.41, 5.74) is 1.40. The fraction of sp³-hybridized carbons (Fsp3) is 0.500. The number of nitrogens with one attached hydrogen (secondary N) is 4. The molecule has 42 heavy (non-hydrogen) atoms. The number of likely N-dealkylation sites (N-methyl/N-ethyl adjacent to an activating group) is 1. The molecule has 3 atom stereocenters. The Labute approximate surface area is 244 Å². The van der Waals surface area contributed by atoms with Crippen LogP contribution in [0.1, 0.15) is 37.9 Å². The Bertz CT molecular complexity index is 1280. The number of aromatic nitrogens is 3. The number of nitrogens with zero attached hydrogens (tertiary/aromatic N) is 4. The van der Waals surface area contributed by atoms with Crippen molar-refractivity contribution in [1.82, 2.24) is 41.2 Å². The number of hydrogen-bond acceptors (Lipinski definition) is 8. The number of benzene rings is 1. The van der Waals surface area contributed by atoms with E-state index in [1.165, 1.54) is 29.7 Å². The molecule has 226 valence electrons. The molecule has 0 saturated carbocycles. The van der Waals surface area contributed by atoms with Crippen molar-refractivity contribution in [2.45, 2.75) is 58.2 Å². The number of likely N-dealkylation sites (tertiary alicyclic amines) is 1. The number of amides is 5. The SMILES string of the molecule is CNC(=O)CNC(=O)C(C)Cc1cn(CC(=O)NCC(=O)N2CCCC2C(=O)NC(Cc2ccccc2)C(C)=O)nn1. The molecule has 1 aromatic heterocycles. The number of Topliss-reactive ketones (excluding diaryl/α,β-unsaturated/α-hetero) is 1. The molecule has 1 aliphatic rings. The van der Waals surface area contributed by atoms with E-state index in [9.17, 15) is 28.8 Å². The van der Waals surface area contributed by atoms with Crippen molar-refractivity contribution in [1.29, 1.82) is 0 Å². The van der Waals surface area contributed by atoms with Crippen LogP contribution in [0.3, 0.4) is 0 Å². The molecular weight excluding hydrogens is 544 g/mol. The minimum absolute atomic E-state index is 0.124. The smallest absolute Gasteiger partial charge is 0.243 e. The Morgan fingerprint density at radius 2 is 1.74 bits per heavy atom. The van der Waals surface area contributed by atoms with Crippen LogP contribution < -0.4 is 21.3 Å². The highest BCUT2D eigenvalue weighted by atomic mass is 16.2. The zero-order valence-corrected chi connectivity index (χ0v) is 24.1. The summed E-state index contributed by atoms with van der Waals surface area (Å²) in [4.78, 5) is 75.5. The Kier molecular flexibility index (Phi) is 11.7. The molecule has 0 radical (unpaired) electrons. The number of ketones is 1. The van der Waals surface area contributed by atoms with Crippen molar-refractivity contribution in [3.05, 3.63) is 47.8 Å². The molecule has 14 nitrogen and oxygen atoms in total. The lowest BCUT2D eigenvalue weighted by Gasteiger charge is -2.26. The second-order valence-electron chi connectivity index (χ2n) is 10.3. The van der Waals surface area contributed by atoms with E-state index < -0.39 is 35.7 Å². The van der Waals surface area contributed by atoms with Gasteiger partial charge in [-0.15, -0.1) is 5.10 Å². The van der Waals surface area contributed by atoms with Gasteiger partial charge in [-0.2, -0.15) is 0 Å². The maximum absolute atomic E-state index is 13.0. The third-order valence-electron chi connectivity index (χ3n) is 6.96. The average Bonchev–Trinajstić information content (AvgIpc) is 3.64. The first-order valence-electron chi connectivity index (χ1n) is 13.9. The summed E-state index contributed by atoms with van der Waals surface area (Å²) >= 11 is 0. The fourth-order valence-corrected chi connectivity index (χ4v) is 4.58. The lowest BCUT2D eigenvalue weighted by atomic mass is 10.0. The van der Waals surface area contributed by atoms with Crippen molar-refractivity contribution >= 4 is 35.3 Å². The minimum Gasteiger partial charge on any atom is -0.358 e.